The molecule has 1 atom stereocenters. The van der Waals surface area contributed by atoms with Gasteiger partial charge in [0.2, 0.25) is 0 Å². The van der Waals surface area contributed by atoms with E-state index in [1.54, 1.807) is 30.0 Å². The van der Waals surface area contributed by atoms with Gasteiger partial charge >= 0.3 is 0 Å². The van der Waals surface area contributed by atoms with Gasteiger partial charge in [-0.1, -0.05) is 12.1 Å². The summed E-state index contributed by atoms with van der Waals surface area (Å²) < 4.78 is 27.8. The van der Waals surface area contributed by atoms with Gasteiger partial charge in [0.1, 0.15) is 11.6 Å². The number of hydrogen-bond donors (Lipinski definition) is 1. The van der Waals surface area contributed by atoms with Crippen molar-refractivity contribution in [3.8, 4) is 11.1 Å². The normalized spacial score (nSPS) is 17.8. The largest absolute Gasteiger partial charge is 0.336 e. The van der Waals surface area contributed by atoms with E-state index in [1.807, 2.05) is 6.92 Å². The Kier molecular flexibility index (Phi) is 4.62. The van der Waals surface area contributed by atoms with Gasteiger partial charge in [0.25, 0.3) is 5.91 Å². The molecular formula is C19H20F2N2O. The quantitative estimate of drug-likeness (QED) is 0.916. The molecule has 1 unspecified atom stereocenters. The molecule has 0 aliphatic carbocycles. The molecule has 2 aromatic carbocycles. The number of hydrogen-bond acceptors (Lipinski definition) is 2. The van der Waals surface area contributed by atoms with E-state index in [0.717, 1.165) is 6.54 Å². The summed E-state index contributed by atoms with van der Waals surface area (Å²) in [6.07, 6.45) is 0. The van der Waals surface area contributed by atoms with Crippen molar-refractivity contribution in [2.45, 2.75) is 19.9 Å². The second-order valence-corrected chi connectivity index (χ2v) is 6.26. The van der Waals surface area contributed by atoms with Crippen LogP contribution in [0.25, 0.3) is 11.1 Å². The van der Waals surface area contributed by atoms with Gasteiger partial charge in [0.05, 0.1) is 0 Å². The van der Waals surface area contributed by atoms with E-state index in [-0.39, 0.29) is 17.8 Å². The maximum absolute atomic E-state index is 14.5. The second kappa shape index (κ2) is 6.69. The molecule has 5 heteroatoms. The van der Waals surface area contributed by atoms with Crippen molar-refractivity contribution in [2.75, 3.05) is 19.6 Å². The molecule has 1 amide bonds. The predicted octanol–water partition coefficient (Wildman–Crippen LogP) is 3.37. The Balaban J connectivity index is 1.88. The molecule has 1 saturated heterocycles. The van der Waals surface area contributed by atoms with Crippen LogP contribution >= 0.6 is 0 Å². The highest BCUT2D eigenvalue weighted by Crippen LogP contribution is 2.27. The monoisotopic (exact) mass is 330 g/mol. The fraction of sp³-hybridized carbons (Fsp3) is 0.316. The van der Waals surface area contributed by atoms with E-state index in [4.69, 9.17) is 0 Å². The minimum absolute atomic E-state index is 0.162. The average molecular weight is 330 g/mol. The van der Waals surface area contributed by atoms with E-state index in [0.29, 0.717) is 35.3 Å². The first kappa shape index (κ1) is 16.6. The smallest absolute Gasteiger partial charge is 0.254 e. The summed E-state index contributed by atoms with van der Waals surface area (Å²) in [4.78, 5) is 14.3. The molecule has 0 bridgehead atoms. The predicted molar refractivity (Wildman–Crippen MR) is 89.9 cm³/mol. The Morgan fingerprint density at radius 1 is 1.17 bits per heavy atom. The summed E-state index contributed by atoms with van der Waals surface area (Å²) >= 11 is 0. The maximum atomic E-state index is 14.5. The van der Waals surface area contributed by atoms with Crippen LogP contribution in [-0.4, -0.2) is 36.5 Å². The Hall–Kier alpha value is -2.27. The Bertz CT molecular complexity index is 776. The van der Waals surface area contributed by atoms with Gasteiger partial charge in [-0.2, -0.15) is 0 Å². The van der Waals surface area contributed by atoms with Gasteiger partial charge < -0.3 is 10.2 Å². The van der Waals surface area contributed by atoms with Crippen LogP contribution in [0.4, 0.5) is 8.78 Å². The van der Waals surface area contributed by atoms with E-state index >= 15 is 0 Å². The van der Waals surface area contributed by atoms with Crippen molar-refractivity contribution in [2.24, 2.45) is 0 Å². The zero-order chi connectivity index (χ0) is 17.3. The highest BCUT2D eigenvalue weighted by atomic mass is 19.1. The van der Waals surface area contributed by atoms with Crippen molar-refractivity contribution >= 4 is 5.91 Å². The molecule has 3 nitrogen and oxygen atoms in total. The van der Waals surface area contributed by atoms with Gasteiger partial charge in [-0.25, -0.2) is 8.78 Å². The average Bonchev–Trinajstić information content (AvgIpc) is 2.55. The summed E-state index contributed by atoms with van der Waals surface area (Å²) in [5, 5.41) is 3.27. The SMILES string of the molecule is Cc1cc(F)ccc1-c1ccc(C(=O)N2CCNC(C)C2)cc1F. The third kappa shape index (κ3) is 3.31. The van der Waals surface area contributed by atoms with E-state index in [9.17, 15) is 13.6 Å². The fourth-order valence-corrected chi connectivity index (χ4v) is 3.10. The van der Waals surface area contributed by atoms with Crippen LogP contribution in [0.5, 0.6) is 0 Å². The highest BCUT2D eigenvalue weighted by molar-refractivity contribution is 5.95. The third-order valence-electron chi connectivity index (χ3n) is 4.35. The molecule has 0 spiro atoms. The first-order chi connectivity index (χ1) is 11.5. The van der Waals surface area contributed by atoms with Crippen LogP contribution in [0.2, 0.25) is 0 Å². The standard InChI is InChI=1S/C19H20F2N2O/c1-12-9-15(20)4-6-16(12)17-5-3-14(10-18(17)21)19(24)23-8-7-22-13(2)11-23/h3-6,9-10,13,22H,7-8,11H2,1-2H3. The molecule has 1 aliphatic heterocycles. The lowest BCUT2D eigenvalue weighted by molar-refractivity contribution is 0.0708. The first-order valence-electron chi connectivity index (χ1n) is 8.04. The summed E-state index contributed by atoms with van der Waals surface area (Å²) in [6, 6.07) is 8.97. The van der Waals surface area contributed by atoms with Crippen molar-refractivity contribution in [1.82, 2.24) is 10.2 Å². The van der Waals surface area contributed by atoms with Crippen molar-refractivity contribution in [3.05, 3.63) is 59.2 Å². The Labute approximate surface area is 140 Å². The van der Waals surface area contributed by atoms with Crippen LogP contribution in [0.15, 0.2) is 36.4 Å². The number of carbonyl (C=O) groups excluding carboxylic acids is 1. The third-order valence-corrected chi connectivity index (χ3v) is 4.35. The first-order valence-corrected chi connectivity index (χ1v) is 8.04. The molecule has 1 aliphatic rings. The van der Waals surface area contributed by atoms with Crippen molar-refractivity contribution in [1.29, 1.82) is 0 Å². The van der Waals surface area contributed by atoms with E-state index < -0.39 is 5.82 Å². The molecule has 1 fully saturated rings. The van der Waals surface area contributed by atoms with E-state index in [2.05, 4.69) is 5.32 Å². The molecule has 1 N–H and O–H groups in total. The van der Waals surface area contributed by atoms with Gasteiger partial charge in [-0.05, 0) is 49.2 Å². The number of halogens is 2. The topological polar surface area (TPSA) is 32.3 Å². The van der Waals surface area contributed by atoms with Gasteiger partial charge in [-0.3, -0.25) is 4.79 Å². The van der Waals surface area contributed by atoms with Crippen LogP contribution in [0.1, 0.15) is 22.8 Å². The minimum Gasteiger partial charge on any atom is -0.336 e. The highest BCUT2D eigenvalue weighted by Gasteiger charge is 2.22. The van der Waals surface area contributed by atoms with Crippen molar-refractivity contribution < 1.29 is 13.6 Å². The van der Waals surface area contributed by atoms with Gasteiger partial charge in [0.15, 0.2) is 0 Å². The molecule has 24 heavy (non-hydrogen) atoms. The number of amides is 1. The summed E-state index contributed by atoms with van der Waals surface area (Å²) in [5.74, 6) is -0.986. The summed E-state index contributed by atoms with van der Waals surface area (Å²) in [7, 11) is 0. The lowest BCUT2D eigenvalue weighted by atomic mass is 9.98. The number of nitrogens with zero attached hydrogens (tertiary/aromatic N) is 1. The molecule has 0 aromatic heterocycles. The number of aryl methyl sites for hydroxylation is 1. The number of rotatable bonds is 2. The second-order valence-electron chi connectivity index (χ2n) is 6.26. The number of piperazine rings is 1. The molecule has 1 heterocycles. The number of benzene rings is 2. The minimum atomic E-state index is -0.473. The molecule has 2 aromatic rings. The molecule has 3 rings (SSSR count). The summed E-state index contributed by atoms with van der Waals surface area (Å²) in [6.45, 7) is 5.71. The van der Waals surface area contributed by atoms with Crippen LogP contribution in [-0.2, 0) is 0 Å². The molecular weight excluding hydrogens is 310 g/mol. The van der Waals surface area contributed by atoms with E-state index in [1.165, 1.54) is 18.2 Å². The van der Waals surface area contributed by atoms with Crippen LogP contribution in [0.3, 0.4) is 0 Å². The molecule has 0 radical (unpaired) electrons. The Morgan fingerprint density at radius 3 is 2.58 bits per heavy atom. The number of nitrogens with one attached hydrogen (secondary N) is 1. The maximum Gasteiger partial charge on any atom is 0.254 e. The lowest BCUT2D eigenvalue weighted by Crippen LogP contribution is -2.51. The number of carbonyl (C=O) groups is 1. The summed E-state index contributed by atoms with van der Waals surface area (Å²) in [5.41, 5.74) is 2.00. The zero-order valence-electron chi connectivity index (χ0n) is 13.8. The zero-order valence-corrected chi connectivity index (χ0v) is 13.8. The molecule has 126 valence electrons. The van der Waals surface area contributed by atoms with Crippen LogP contribution < -0.4 is 5.32 Å². The fourth-order valence-electron chi connectivity index (χ4n) is 3.10. The van der Waals surface area contributed by atoms with Gasteiger partial charge in [-0.15, -0.1) is 0 Å². The Morgan fingerprint density at radius 2 is 1.92 bits per heavy atom. The van der Waals surface area contributed by atoms with Crippen molar-refractivity contribution in [3.63, 3.8) is 0 Å². The van der Waals surface area contributed by atoms with Crippen LogP contribution in [0, 0.1) is 18.6 Å². The molecule has 0 saturated carbocycles. The lowest BCUT2D eigenvalue weighted by Gasteiger charge is -2.32. The van der Waals surface area contributed by atoms with Gasteiger partial charge in [0, 0.05) is 36.8 Å².